The Balaban J connectivity index is 1.56. The lowest BCUT2D eigenvalue weighted by atomic mass is 10.0. The summed E-state index contributed by atoms with van der Waals surface area (Å²) in [5.41, 5.74) is 9.23. The van der Waals surface area contributed by atoms with Crippen molar-refractivity contribution in [2.75, 3.05) is 24.6 Å². The van der Waals surface area contributed by atoms with Gasteiger partial charge in [-0.1, -0.05) is 31.0 Å². The molecular formula is C23H26ClFN4. The zero-order valence-electron chi connectivity index (χ0n) is 16.7. The van der Waals surface area contributed by atoms with Gasteiger partial charge in [0.15, 0.2) is 0 Å². The van der Waals surface area contributed by atoms with Crippen LogP contribution in [0.4, 0.5) is 10.1 Å². The van der Waals surface area contributed by atoms with E-state index in [-0.39, 0.29) is 5.82 Å². The SMILES string of the molecule is CCCCC1=C2CN(c3ccc(F)cc3Cl)NC2=CCN1CCc1ccccn1. The summed E-state index contributed by atoms with van der Waals surface area (Å²) in [7, 11) is 0. The van der Waals surface area contributed by atoms with Gasteiger partial charge >= 0.3 is 0 Å². The molecule has 1 aromatic heterocycles. The third-order valence-corrected chi connectivity index (χ3v) is 5.78. The minimum atomic E-state index is -0.321. The summed E-state index contributed by atoms with van der Waals surface area (Å²) in [6.45, 7) is 4.76. The number of fused-ring (bicyclic) bond motifs is 1. The number of anilines is 1. The van der Waals surface area contributed by atoms with Crippen LogP contribution in [-0.2, 0) is 6.42 Å². The normalized spacial score (nSPS) is 16.0. The lowest BCUT2D eigenvalue weighted by Crippen LogP contribution is -2.31. The van der Waals surface area contributed by atoms with Crippen molar-refractivity contribution in [3.05, 3.63) is 82.2 Å². The molecule has 1 saturated heterocycles. The minimum absolute atomic E-state index is 0.321. The summed E-state index contributed by atoms with van der Waals surface area (Å²) in [5.74, 6) is -0.321. The molecule has 0 bridgehead atoms. The Bertz CT molecular complexity index is 926. The zero-order valence-corrected chi connectivity index (χ0v) is 17.4. The molecule has 1 fully saturated rings. The van der Waals surface area contributed by atoms with Crippen LogP contribution < -0.4 is 10.4 Å². The Labute approximate surface area is 176 Å². The van der Waals surface area contributed by atoms with Gasteiger partial charge in [0.2, 0.25) is 0 Å². The first-order chi connectivity index (χ1) is 14.2. The number of pyridine rings is 1. The summed E-state index contributed by atoms with van der Waals surface area (Å²) in [6, 6.07) is 10.6. The second kappa shape index (κ2) is 8.87. The Morgan fingerprint density at radius 1 is 1.21 bits per heavy atom. The van der Waals surface area contributed by atoms with E-state index < -0.39 is 0 Å². The smallest absolute Gasteiger partial charge is 0.124 e. The quantitative estimate of drug-likeness (QED) is 0.686. The lowest BCUT2D eigenvalue weighted by Gasteiger charge is -2.31. The Kier molecular flexibility index (Phi) is 6.05. The van der Waals surface area contributed by atoms with Crippen molar-refractivity contribution in [3.63, 3.8) is 0 Å². The van der Waals surface area contributed by atoms with Gasteiger partial charge in [-0.3, -0.25) is 15.4 Å². The molecule has 1 N–H and O–H groups in total. The number of unbranched alkanes of at least 4 members (excludes halogenated alkanes) is 1. The van der Waals surface area contributed by atoms with Crippen LogP contribution in [0, 0.1) is 5.82 Å². The second-order valence-electron chi connectivity index (χ2n) is 7.46. The summed E-state index contributed by atoms with van der Waals surface area (Å²) in [5, 5.41) is 2.43. The number of aromatic nitrogens is 1. The van der Waals surface area contributed by atoms with Gasteiger partial charge in [-0.25, -0.2) is 4.39 Å². The molecule has 2 aliphatic heterocycles. The average Bonchev–Trinajstić information content (AvgIpc) is 3.15. The molecule has 0 amide bonds. The molecule has 2 aliphatic rings. The van der Waals surface area contributed by atoms with Crippen molar-refractivity contribution >= 4 is 17.3 Å². The van der Waals surface area contributed by atoms with Crippen molar-refractivity contribution in [3.8, 4) is 0 Å². The number of nitrogens with one attached hydrogen (secondary N) is 1. The van der Waals surface area contributed by atoms with Crippen LogP contribution in [0.3, 0.4) is 0 Å². The van der Waals surface area contributed by atoms with E-state index in [1.54, 1.807) is 6.07 Å². The van der Waals surface area contributed by atoms with E-state index in [0.29, 0.717) is 5.02 Å². The maximum absolute atomic E-state index is 13.5. The molecule has 152 valence electrons. The van der Waals surface area contributed by atoms with Crippen molar-refractivity contribution in [1.29, 1.82) is 0 Å². The first-order valence-corrected chi connectivity index (χ1v) is 10.6. The maximum atomic E-state index is 13.5. The van der Waals surface area contributed by atoms with E-state index in [1.165, 1.54) is 23.4 Å². The van der Waals surface area contributed by atoms with Crippen LogP contribution in [0.1, 0.15) is 31.9 Å². The number of hydrogen-bond donors (Lipinski definition) is 1. The van der Waals surface area contributed by atoms with Gasteiger partial charge in [-0.2, -0.15) is 0 Å². The summed E-state index contributed by atoms with van der Waals surface area (Å²) in [4.78, 5) is 6.93. The van der Waals surface area contributed by atoms with Gasteiger partial charge in [0, 0.05) is 42.7 Å². The predicted octanol–water partition coefficient (Wildman–Crippen LogP) is 5.09. The zero-order chi connectivity index (χ0) is 20.2. The molecule has 0 radical (unpaired) electrons. The lowest BCUT2D eigenvalue weighted by molar-refractivity contribution is 0.355. The highest BCUT2D eigenvalue weighted by Gasteiger charge is 2.30. The molecule has 2 aromatic rings. The summed E-state index contributed by atoms with van der Waals surface area (Å²) < 4.78 is 13.5. The molecule has 4 rings (SSSR count). The van der Waals surface area contributed by atoms with Crippen LogP contribution in [0.15, 0.2) is 65.6 Å². The van der Waals surface area contributed by atoms with E-state index in [0.717, 1.165) is 62.4 Å². The van der Waals surface area contributed by atoms with Gasteiger partial charge < -0.3 is 4.90 Å². The van der Waals surface area contributed by atoms with Crippen molar-refractivity contribution in [1.82, 2.24) is 15.3 Å². The van der Waals surface area contributed by atoms with E-state index in [9.17, 15) is 4.39 Å². The average molecular weight is 413 g/mol. The van der Waals surface area contributed by atoms with E-state index in [2.05, 4.69) is 34.4 Å². The maximum Gasteiger partial charge on any atom is 0.124 e. The number of hydrazine groups is 1. The third-order valence-electron chi connectivity index (χ3n) is 5.47. The van der Waals surface area contributed by atoms with E-state index in [1.807, 2.05) is 23.3 Å². The Morgan fingerprint density at radius 2 is 2.10 bits per heavy atom. The van der Waals surface area contributed by atoms with Crippen LogP contribution >= 0.6 is 11.6 Å². The van der Waals surface area contributed by atoms with Gasteiger partial charge in [0.05, 0.1) is 23.0 Å². The number of nitrogens with zero attached hydrogens (tertiary/aromatic N) is 3. The van der Waals surface area contributed by atoms with Crippen molar-refractivity contribution in [2.45, 2.75) is 32.6 Å². The second-order valence-corrected chi connectivity index (χ2v) is 7.86. The topological polar surface area (TPSA) is 31.4 Å². The molecule has 29 heavy (non-hydrogen) atoms. The highest BCUT2D eigenvalue weighted by molar-refractivity contribution is 6.33. The van der Waals surface area contributed by atoms with E-state index in [4.69, 9.17) is 11.6 Å². The molecule has 4 nitrogen and oxygen atoms in total. The molecule has 6 heteroatoms. The fourth-order valence-electron chi connectivity index (χ4n) is 3.93. The van der Waals surface area contributed by atoms with Crippen LogP contribution in [0.5, 0.6) is 0 Å². The fraction of sp³-hybridized carbons (Fsp3) is 0.348. The molecule has 0 aliphatic carbocycles. The highest BCUT2D eigenvalue weighted by atomic mass is 35.5. The van der Waals surface area contributed by atoms with Crippen molar-refractivity contribution < 1.29 is 4.39 Å². The fourth-order valence-corrected chi connectivity index (χ4v) is 4.20. The predicted molar refractivity (Wildman–Crippen MR) is 116 cm³/mol. The molecule has 0 unspecified atom stereocenters. The molecule has 1 aromatic carbocycles. The minimum Gasteiger partial charge on any atom is -0.370 e. The van der Waals surface area contributed by atoms with E-state index >= 15 is 0 Å². The molecule has 0 saturated carbocycles. The number of halogens is 2. The van der Waals surface area contributed by atoms with Crippen LogP contribution in [0.25, 0.3) is 0 Å². The van der Waals surface area contributed by atoms with Gasteiger partial charge in [0.25, 0.3) is 0 Å². The standard InChI is InChI=1S/C23H26ClFN4/c1-2-3-7-22-19-16-29(23-9-8-17(25)15-20(23)24)27-21(19)11-14-28(22)13-10-18-6-4-5-12-26-18/h4-6,8-9,11-12,15,27H,2-3,7,10,13-14,16H2,1H3. The summed E-state index contributed by atoms with van der Waals surface area (Å²) >= 11 is 6.30. The van der Waals surface area contributed by atoms with Crippen LogP contribution in [-0.4, -0.2) is 29.5 Å². The van der Waals surface area contributed by atoms with Crippen LogP contribution in [0.2, 0.25) is 5.02 Å². The monoisotopic (exact) mass is 412 g/mol. The van der Waals surface area contributed by atoms with Gasteiger partial charge in [0.1, 0.15) is 5.82 Å². The van der Waals surface area contributed by atoms with Crippen molar-refractivity contribution in [2.24, 2.45) is 0 Å². The molecule has 0 atom stereocenters. The highest BCUT2D eigenvalue weighted by Crippen LogP contribution is 2.35. The largest absolute Gasteiger partial charge is 0.370 e. The first kappa shape index (κ1) is 19.8. The Hall–Kier alpha value is -2.53. The number of benzene rings is 1. The number of rotatable bonds is 7. The van der Waals surface area contributed by atoms with Gasteiger partial charge in [-0.15, -0.1) is 0 Å². The van der Waals surface area contributed by atoms with Gasteiger partial charge in [-0.05, 0) is 49.2 Å². The Morgan fingerprint density at radius 3 is 2.86 bits per heavy atom. The summed E-state index contributed by atoms with van der Waals surface area (Å²) in [6.07, 6.45) is 8.38. The molecule has 3 heterocycles. The number of hydrogen-bond acceptors (Lipinski definition) is 4. The molecular weight excluding hydrogens is 387 g/mol. The number of allylic oxidation sites excluding steroid dienone is 1. The first-order valence-electron chi connectivity index (χ1n) is 10.2. The molecule has 0 spiro atoms. The third kappa shape index (κ3) is 4.40.